The standard InChI is InChI=1S/C12H21NO3/c1-4-7(2)10(12(15)16)13-11(14)8(3)9-5-6-9/h7-10H,4-6H2,1-3H3,(H,13,14)(H,15,16)/t7-,8+,10-/m0/s1. The molecule has 4 heteroatoms. The number of hydrogen-bond donors (Lipinski definition) is 2. The zero-order valence-corrected chi connectivity index (χ0v) is 10.2. The predicted molar refractivity (Wildman–Crippen MR) is 60.9 cm³/mol. The molecular weight excluding hydrogens is 206 g/mol. The van der Waals surface area contributed by atoms with Crippen LogP contribution in [0.5, 0.6) is 0 Å². The monoisotopic (exact) mass is 227 g/mol. The number of aliphatic carboxylic acids is 1. The number of carboxylic acid groups (broad SMARTS) is 1. The maximum absolute atomic E-state index is 11.8. The quantitative estimate of drug-likeness (QED) is 0.725. The molecule has 1 aliphatic rings. The molecule has 0 saturated heterocycles. The summed E-state index contributed by atoms with van der Waals surface area (Å²) in [7, 11) is 0. The summed E-state index contributed by atoms with van der Waals surface area (Å²) in [4.78, 5) is 22.8. The Kier molecular flexibility index (Phi) is 4.33. The molecule has 0 bridgehead atoms. The number of amides is 1. The second-order valence-corrected chi connectivity index (χ2v) is 4.84. The normalized spacial score (nSPS) is 20.9. The molecular formula is C12H21NO3. The predicted octanol–water partition coefficient (Wildman–Crippen LogP) is 1.65. The third kappa shape index (κ3) is 3.22. The number of carbonyl (C=O) groups excluding carboxylic acids is 1. The summed E-state index contributed by atoms with van der Waals surface area (Å²) >= 11 is 0. The first-order valence-electron chi connectivity index (χ1n) is 6.00. The number of hydrogen-bond acceptors (Lipinski definition) is 2. The molecule has 0 spiro atoms. The van der Waals surface area contributed by atoms with Gasteiger partial charge in [0.25, 0.3) is 0 Å². The van der Waals surface area contributed by atoms with Gasteiger partial charge in [-0.05, 0) is 24.7 Å². The SMILES string of the molecule is CC[C@H](C)[C@H](NC(=O)[C@H](C)C1CC1)C(=O)O. The molecule has 1 aliphatic carbocycles. The van der Waals surface area contributed by atoms with Crippen molar-refractivity contribution in [2.45, 2.75) is 46.1 Å². The van der Waals surface area contributed by atoms with E-state index < -0.39 is 12.0 Å². The third-order valence-corrected chi connectivity index (χ3v) is 3.52. The summed E-state index contributed by atoms with van der Waals surface area (Å²) < 4.78 is 0. The first kappa shape index (κ1) is 13.0. The number of rotatable bonds is 6. The minimum Gasteiger partial charge on any atom is -0.480 e. The molecule has 0 radical (unpaired) electrons. The van der Waals surface area contributed by atoms with E-state index in [4.69, 9.17) is 5.11 Å². The summed E-state index contributed by atoms with van der Waals surface area (Å²) in [5, 5.41) is 11.7. The van der Waals surface area contributed by atoms with Gasteiger partial charge in [-0.15, -0.1) is 0 Å². The molecule has 1 saturated carbocycles. The number of carboxylic acids is 1. The van der Waals surface area contributed by atoms with Crippen molar-refractivity contribution in [3.8, 4) is 0 Å². The Bertz CT molecular complexity index is 273. The Morgan fingerprint density at radius 3 is 2.31 bits per heavy atom. The largest absolute Gasteiger partial charge is 0.480 e. The van der Waals surface area contributed by atoms with Gasteiger partial charge in [0.1, 0.15) is 6.04 Å². The van der Waals surface area contributed by atoms with Crippen molar-refractivity contribution in [2.24, 2.45) is 17.8 Å². The van der Waals surface area contributed by atoms with Crippen LogP contribution < -0.4 is 5.32 Å². The van der Waals surface area contributed by atoms with Crippen LogP contribution in [0.25, 0.3) is 0 Å². The van der Waals surface area contributed by atoms with Crippen LogP contribution in [0.4, 0.5) is 0 Å². The maximum Gasteiger partial charge on any atom is 0.326 e. The fraction of sp³-hybridized carbons (Fsp3) is 0.833. The fourth-order valence-electron chi connectivity index (χ4n) is 1.78. The van der Waals surface area contributed by atoms with E-state index in [0.717, 1.165) is 19.3 Å². The van der Waals surface area contributed by atoms with E-state index in [9.17, 15) is 9.59 Å². The van der Waals surface area contributed by atoms with Crippen molar-refractivity contribution in [3.63, 3.8) is 0 Å². The van der Waals surface area contributed by atoms with E-state index >= 15 is 0 Å². The minimum atomic E-state index is -0.939. The van der Waals surface area contributed by atoms with Crippen molar-refractivity contribution >= 4 is 11.9 Å². The molecule has 3 atom stereocenters. The van der Waals surface area contributed by atoms with E-state index in [-0.39, 0.29) is 17.7 Å². The van der Waals surface area contributed by atoms with Gasteiger partial charge in [0.2, 0.25) is 5.91 Å². The van der Waals surface area contributed by atoms with Gasteiger partial charge in [0.15, 0.2) is 0 Å². The molecule has 1 amide bonds. The Hall–Kier alpha value is -1.06. The minimum absolute atomic E-state index is 0.0344. The van der Waals surface area contributed by atoms with Gasteiger partial charge in [0.05, 0.1) is 0 Å². The van der Waals surface area contributed by atoms with Crippen LogP contribution in [0.2, 0.25) is 0 Å². The lowest BCUT2D eigenvalue weighted by Gasteiger charge is -2.22. The molecule has 0 aromatic carbocycles. The Balaban J connectivity index is 2.53. The summed E-state index contributed by atoms with van der Waals surface area (Å²) in [5.41, 5.74) is 0. The van der Waals surface area contributed by atoms with Crippen molar-refractivity contribution in [2.75, 3.05) is 0 Å². The Morgan fingerprint density at radius 1 is 1.38 bits per heavy atom. The van der Waals surface area contributed by atoms with Gasteiger partial charge >= 0.3 is 5.97 Å². The van der Waals surface area contributed by atoms with Crippen LogP contribution in [0, 0.1) is 17.8 Å². The molecule has 16 heavy (non-hydrogen) atoms. The highest BCUT2D eigenvalue weighted by molar-refractivity contribution is 5.85. The zero-order valence-electron chi connectivity index (χ0n) is 10.2. The van der Waals surface area contributed by atoms with E-state index in [1.807, 2.05) is 20.8 Å². The van der Waals surface area contributed by atoms with Crippen molar-refractivity contribution < 1.29 is 14.7 Å². The average molecular weight is 227 g/mol. The molecule has 0 aliphatic heterocycles. The second kappa shape index (κ2) is 5.32. The molecule has 1 rings (SSSR count). The van der Waals surface area contributed by atoms with Crippen LogP contribution in [0.15, 0.2) is 0 Å². The van der Waals surface area contributed by atoms with Crippen LogP contribution in [-0.4, -0.2) is 23.0 Å². The molecule has 0 aromatic rings. The summed E-state index contributed by atoms with van der Waals surface area (Å²) in [6.45, 7) is 5.65. The summed E-state index contributed by atoms with van der Waals surface area (Å²) in [5.74, 6) is -0.675. The average Bonchev–Trinajstić information content (AvgIpc) is 3.06. The van der Waals surface area contributed by atoms with Gasteiger partial charge in [-0.3, -0.25) is 4.79 Å². The molecule has 0 unspecified atom stereocenters. The van der Waals surface area contributed by atoms with E-state index in [2.05, 4.69) is 5.32 Å². The molecule has 4 nitrogen and oxygen atoms in total. The van der Waals surface area contributed by atoms with Crippen LogP contribution in [0.1, 0.15) is 40.0 Å². The van der Waals surface area contributed by atoms with Crippen molar-refractivity contribution in [1.29, 1.82) is 0 Å². The topological polar surface area (TPSA) is 66.4 Å². The van der Waals surface area contributed by atoms with Gasteiger partial charge in [0, 0.05) is 5.92 Å². The lowest BCUT2D eigenvalue weighted by molar-refractivity contribution is -0.144. The molecule has 1 fully saturated rings. The first-order valence-corrected chi connectivity index (χ1v) is 6.00. The Labute approximate surface area is 96.4 Å². The van der Waals surface area contributed by atoms with E-state index in [1.54, 1.807) is 0 Å². The smallest absolute Gasteiger partial charge is 0.326 e. The van der Waals surface area contributed by atoms with Gasteiger partial charge in [-0.2, -0.15) is 0 Å². The van der Waals surface area contributed by atoms with E-state index in [1.165, 1.54) is 0 Å². The molecule has 92 valence electrons. The zero-order chi connectivity index (χ0) is 12.3. The maximum atomic E-state index is 11.8. The third-order valence-electron chi connectivity index (χ3n) is 3.52. The van der Waals surface area contributed by atoms with E-state index in [0.29, 0.717) is 5.92 Å². The highest BCUT2D eigenvalue weighted by Crippen LogP contribution is 2.36. The van der Waals surface area contributed by atoms with Gasteiger partial charge < -0.3 is 10.4 Å². The number of nitrogens with one attached hydrogen (secondary N) is 1. The highest BCUT2D eigenvalue weighted by Gasteiger charge is 2.35. The summed E-state index contributed by atoms with van der Waals surface area (Å²) in [6.07, 6.45) is 2.93. The van der Waals surface area contributed by atoms with Crippen molar-refractivity contribution in [3.05, 3.63) is 0 Å². The molecule has 0 heterocycles. The van der Waals surface area contributed by atoms with Gasteiger partial charge in [-0.1, -0.05) is 27.2 Å². The second-order valence-electron chi connectivity index (χ2n) is 4.84. The van der Waals surface area contributed by atoms with Crippen molar-refractivity contribution in [1.82, 2.24) is 5.32 Å². The van der Waals surface area contributed by atoms with Crippen LogP contribution in [0.3, 0.4) is 0 Å². The number of carbonyl (C=O) groups is 2. The lowest BCUT2D eigenvalue weighted by Crippen LogP contribution is -2.47. The first-order chi connectivity index (χ1) is 7.47. The van der Waals surface area contributed by atoms with Crippen LogP contribution >= 0.6 is 0 Å². The summed E-state index contributed by atoms with van der Waals surface area (Å²) in [6, 6.07) is -0.751. The van der Waals surface area contributed by atoms with Gasteiger partial charge in [-0.25, -0.2) is 4.79 Å². The highest BCUT2D eigenvalue weighted by atomic mass is 16.4. The molecule has 2 N–H and O–H groups in total. The lowest BCUT2D eigenvalue weighted by atomic mass is 9.97. The molecule has 0 aromatic heterocycles. The fourth-order valence-corrected chi connectivity index (χ4v) is 1.78. The Morgan fingerprint density at radius 2 is 1.94 bits per heavy atom. The van der Waals surface area contributed by atoms with Crippen LogP contribution in [-0.2, 0) is 9.59 Å².